The van der Waals surface area contributed by atoms with Gasteiger partial charge in [0.25, 0.3) is 5.91 Å². The van der Waals surface area contributed by atoms with Crippen molar-refractivity contribution in [3.63, 3.8) is 0 Å². The summed E-state index contributed by atoms with van der Waals surface area (Å²) in [6, 6.07) is 13.9. The van der Waals surface area contributed by atoms with Crippen LogP contribution in [0.15, 0.2) is 64.1 Å². The highest BCUT2D eigenvalue weighted by atomic mass is 32.2. The summed E-state index contributed by atoms with van der Waals surface area (Å²) < 4.78 is 33.7. The number of anilines is 1. The van der Waals surface area contributed by atoms with Crippen LogP contribution in [-0.4, -0.2) is 36.7 Å². The summed E-state index contributed by atoms with van der Waals surface area (Å²) >= 11 is 1.46. The molecule has 4 aromatic rings. The quantitative estimate of drug-likeness (QED) is 0.370. The minimum absolute atomic E-state index is 0.203. The van der Waals surface area contributed by atoms with Crippen molar-refractivity contribution >= 4 is 42.6 Å². The molecule has 0 aliphatic carbocycles. The van der Waals surface area contributed by atoms with Gasteiger partial charge in [0.15, 0.2) is 5.13 Å². The zero-order chi connectivity index (χ0) is 23.9. The van der Waals surface area contributed by atoms with Gasteiger partial charge < -0.3 is 4.42 Å². The number of thiazole rings is 1. The largest absolute Gasteiger partial charge is 0.467 e. The Balaban J connectivity index is 1.49. The summed E-state index contributed by atoms with van der Waals surface area (Å²) in [4.78, 5) is 20.1. The van der Waals surface area contributed by atoms with Crippen molar-refractivity contribution in [3.8, 4) is 0 Å². The number of sulfonamides is 1. The van der Waals surface area contributed by atoms with E-state index in [1.54, 1.807) is 29.4 Å². The lowest BCUT2D eigenvalue weighted by Gasteiger charge is -2.19. The number of hydrogen-bond acceptors (Lipinski definition) is 6. The predicted octanol–water partition coefficient (Wildman–Crippen LogP) is 5.14. The average Bonchev–Trinajstić information content (AvgIpc) is 3.59. The lowest BCUT2D eigenvalue weighted by atomic mass is 10.1. The van der Waals surface area contributed by atoms with E-state index in [1.807, 2.05) is 26.0 Å². The molecule has 1 saturated heterocycles. The summed E-state index contributed by atoms with van der Waals surface area (Å²) in [7, 11) is -3.54. The van der Waals surface area contributed by atoms with Gasteiger partial charge in [0.2, 0.25) is 10.0 Å². The normalized spacial score (nSPS) is 14.6. The lowest BCUT2D eigenvalue weighted by Crippen LogP contribution is -2.30. The Kier molecular flexibility index (Phi) is 6.01. The molecule has 34 heavy (non-hydrogen) atoms. The molecule has 0 bridgehead atoms. The van der Waals surface area contributed by atoms with Gasteiger partial charge in [-0.1, -0.05) is 17.4 Å². The Morgan fingerprint density at radius 2 is 1.85 bits per heavy atom. The molecule has 176 valence electrons. The maximum Gasteiger partial charge on any atom is 0.260 e. The van der Waals surface area contributed by atoms with Gasteiger partial charge in [-0.25, -0.2) is 13.4 Å². The summed E-state index contributed by atoms with van der Waals surface area (Å²) in [5.41, 5.74) is 3.46. The average molecular weight is 496 g/mol. The van der Waals surface area contributed by atoms with Gasteiger partial charge in [0, 0.05) is 18.7 Å². The standard InChI is InChI=1S/C25H25N3O4S2/c1-17-14-18(2)23-22(15-17)26-25(33-23)28(16-20-6-5-13-32-20)24(29)19-7-9-21(10-8-19)34(30,31)27-11-3-4-12-27/h5-10,13-15H,3-4,11-12,16H2,1-2H3. The van der Waals surface area contributed by atoms with Gasteiger partial charge in [-0.2, -0.15) is 4.31 Å². The minimum atomic E-state index is -3.54. The number of fused-ring (bicyclic) bond motifs is 1. The van der Waals surface area contributed by atoms with E-state index in [0.717, 1.165) is 34.2 Å². The first-order valence-electron chi connectivity index (χ1n) is 11.2. The van der Waals surface area contributed by atoms with Crippen LogP contribution < -0.4 is 4.90 Å². The smallest absolute Gasteiger partial charge is 0.260 e. The van der Waals surface area contributed by atoms with Crippen molar-refractivity contribution in [2.45, 2.75) is 38.1 Å². The molecule has 3 heterocycles. The zero-order valence-corrected chi connectivity index (χ0v) is 20.7. The molecule has 5 rings (SSSR count). The van der Waals surface area contributed by atoms with Crippen LogP contribution in [0.5, 0.6) is 0 Å². The van der Waals surface area contributed by atoms with Crippen molar-refractivity contribution in [1.29, 1.82) is 0 Å². The summed E-state index contributed by atoms with van der Waals surface area (Å²) in [6.45, 7) is 5.36. The maximum absolute atomic E-state index is 13.6. The number of nitrogens with zero attached hydrogens (tertiary/aromatic N) is 3. The number of furan rings is 1. The first-order valence-corrected chi connectivity index (χ1v) is 13.4. The Hall–Kier alpha value is -3.01. The first-order chi connectivity index (χ1) is 16.3. The molecular formula is C25H25N3O4S2. The van der Waals surface area contributed by atoms with Gasteiger partial charge in [-0.3, -0.25) is 9.69 Å². The van der Waals surface area contributed by atoms with E-state index < -0.39 is 10.0 Å². The predicted molar refractivity (Wildman–Crippen MR) is 133 cm³/mol. The van der Waals surface area contributed by atoms with Crippen LogP contribution in [0.1, 0.15) is 40.1 Å². The fourth-order valence-corrected chi connectivity index (χ4v) is 6.80. The number of rotatable bonds is 6. The molecule has 1 aliphatic rings. The number of aryl methyl sites for hydroxylation is 2. The van der Waals surface area contributed by atoms with E-state index in [-0.39, 0.29) is 17.3 Å². The molecule has 0 saturated carbocycles. The summed E-state index contributed by atoms with van der Waals surface area (Å²) in [5, 5.41) is 0.568. The van der Waals surface area contributed by atoms with Crippen molar-refractivity contribution in [2.24, 2.45) is 0 Å². The van der Waals surface area contributed by atoms with Gasteiger partial charge >= 0.3 is 0 Å². The maximum atomic E-state index is 13.6. The molecule has 1 aliphatic heterocycles. The van der Waals surface area contributed by atoms with Gasteiger partial charge in [-0.05, 0) is 80.3 Å². The second kappa shape index (κ2) is 8.98. The number of aromatic nitrogens is 1. The van der Waals surface area contributed by atoms with Crippen LogP contribution in [0.2, 0.25) is 0 Å². The van der Waals surface area contributed by atoms with Gasteiger partial charge in [-0.15, -0.1) is 0 Å². The number of benzene rings is 2. The number of hydrogen-bond donors (Lipinski definition) is 0. The van der Waals surface area contributed by atoms with Crippen LogP contribution in [0, 0.1) is 13.8 Å². The molecule has 7 nitrogen and oxygen atoms in total. The Morgan fingerprint density at radius 3 is 2.53 bits per heavy atom. The molecule has 0 unspecified atom stereocenters. The molecule has 1 fully saturated rings. The second-order valence-electron chi connectivity index (χ2n) is 8.53. The third kappa shape index (κ3) is 4.26. The molecule has 0 atom stereocenters. The van der Waals surface area contributed by atoms with Crippen molar-refractivity contribution in [2.75, 3.05) is 18.0 Å². The highest BCUT2D eigenvalue weighted by Gasteiger charge is 2.28. The third-order valence-corrected chi connectivity index (χ3v) is 9.13. The highest BCUT2D eigenvalue weighted by molar-refractivity contribution is 7.89. The number of carbonyl (C=O) groups excluding carboxylic acids is 1. The molecule has 0 N–H and O–H groups in total. The Bertz CT molecular complexity index is 1440. The zero-order valence-electron chi connectivity index (χ0n) is 19.0. The number of amides is 1. The molecule has 2 aromatic carbocycles. The van der Waals surface area contributed by atoms with E-state index >= 15 is 0 Å². The second-order valence-corrected chi connectivity index (χ2v) is 11.4. The van der Waals surface area contributed by atoms with E-state index in [4.69, 9.17) is 9.40 Å². The van der Waals surface area contributed by atoms with Crippen molar-refractivity contribution in [1.82, 2.24) is 9.29 Å². The first kappa shape index (κ1) is 22.8. The van der Waals surface area contributed by atoms with Gasteiger partial charge in [0.1, 0.15) is 5.76 Å². The van der Waals surface area contributed by atoms with E-state index in [9.17, 15) is 13.2 Å². The van der Waals surface area contributed by atoms with E-state index in [2.05, 4.69) is 6.07 Å². The summed E-state index contributed by atoms with van der Waals surface area (Å²) in [5.74, 6) is 0.365. The van der Waals surface area contributed by atoms with Crippen LogP contribution in [0.25, 0.3) is 10.2 Å². The minimum Gasteiger partial charge on any atom is -0.467 e. The fraction of sp³-hybridized carbons (Fsp3) is 0.280. The monoisotopic (exact) mass is 495 g/mol. The molecule has 0 radical (unpaired) electrons. The molecule has 1 amide bonds. The third-order valence-electron chi connectivity index (χ3n) is 5.98. The number of carbonyl (C=O) groups is 1. The fourth-order valence-electron chi connectivity index (χ4n) is 4.27. The summed E-state index contributed by atoms with van der Waals surface area (Å²) in [6.07, 6.45) is 3.32. The van der Waals surface area contributed by atoms with Crippen molar-refractivity contribution < 1.29 is 17.6 Å². The van der Waals surface area contributed by atoms with Gasteiger partial charge in [0.05, 0.1) is 27.9 Å². The molecular weight excluding hydrogens is 470 g/mol. The Labute approximate surface area is 202 Å². The van der Waals surface area contributed by atoms with Crippen LogP contribution in [0.4, 0.5) is 5.13 Å². The highest BCUT2D eigenvalue weighted by Crippen LogP contribution is 2.34. The SMILES string of the molecule is Cc1cc(C)c2sc(N(Cc3ccco3)C(=O)c3ccc(S(=O)(=O)N4CCCC4)cc3)nc2c1. The van der Waals surface area contributed by atoms with Crippen molar-refractivity contribution in [3.05, 3.63) is 77.2 Å². The molecule has 0 spiro atoms. The topological polar surface area (TPSA) is 83.7 Å². The Morgan fingerprint density at radius 1 is 1.12 bits per heavy atom. The lowest BCUT2D eigenvalue weighted by molar-refractivity contribution is 0.0983. The van der Waals surface area contributed by atoms with Crippen LogP contribution in [0.3, 0.4) is 0 Å². The van der Waals surface area contributed by atoms with E-state index in [0.29, 0.717) is 29.5 Å². The molecule has 2 aromatic heterocycles. The molecule has 9 heteroatoms. The van der Waals surface area contributed by atoms with Crippen LogP contribution in [-0.2, 0) is 16.6 Å². The van der Waals surface area contributed by atoms with E-state index in [1.165, 1.54) is 27.8 Å². The van der Waals surface area contributed by atoms with Crippen LogP contribution >= 0.6 is 11.3 Å².